The van der Waals surface area contributed by atoms with Gasteiger partial charge in [0.15, 0.2) is 0 Å². The van der Waals surface area contributed by atoms with E-state index in [1.807, 2.05) is 24.3 Å². The lowest BCUT2D eigenvalue weighted by Gasteiger charge is -2.21. The molecule has 0 spiro atoms. The molecule has 0 radical (unpaired) electrons. The van der Waals surface area contributed by atoms with Crippen molar-refractivity contribution in [3.05, 3.63) is 86.4 Å². The van der Waals surface area contributed by atoms with Gasteiger partial charge < -0.3 is 10.1 Å². The molecule has 2 aromatic rings. The average Bonchev–Trinajstić information content (AvgIpc) is 3.01. The normalized spacial score (nSPS) is 19.2. The van der Waals surface area contributed by atoms with Gasteiger partial charge in [0.25, 0.3) is 5.70 Å². The van der Waals surface area contributed by atoms with Gasteiger partial charge in [-0.25, -0.2) is 4.39 Å². The number of nitrogens with zero attached hydrogens (tertiary/aromatic N) is 1. The molecule has 0 saturated heterocycles. The summed E-state index contributed by atoms with van der Waals surface area (Å²) in [7, 11) is 1.59. The van der Waals surface area contributed by atoms with Crippen molar-refractivity contribution in [1.82, 2.24) is 5.32 Å². The Bertz CT molecular complexity index is 824. The molecule has 1 N–H and O–H groups in total. The molecule has 0 saturated carbocycles. The van der Waals surface area contributed by atoms with Gasteiger partial charge in [0.05, 0.1) is 24.2 Å². The van der Waals surface area contributed by atoms with E-state index in [9.17, 15) is 14.5 Å². The first kappa shape index (κ1) is 17.2. The van der Waals surface area contributed by atoms with Gasteiger partial charge in [-0.2, -0.15) is 0 Å². The van der Waals surface area contributed by atoms with Crippen molar-refractivity contribution in [1.29, 1.82) is 0 Å². The number of rotatable bonds is 5. The predicted octanol–water partition coefficient (Wildman–Crippen LogP) is 3.90. The van der Waals surface area contributed by atoms with Gasteiger partial charge in [-0.1, -0.05) is 23.7 Å². The summed E-state index contributed by atoms with van der Waals surface area (Å²) < 4.78 is 18.8. The number of methoxy groups -OCH3 is 1. The number of halogens is 2. The van der Waals surface area contributed by atoms with Crippen molar-refractivity contribution in [2.75, 3.05) is 7.11 Å². The zero-order valence-electron chi connectivity index (χ0n) is 13.4. The molecule has 2 aromatic carbocycles. The summed E-state index contributed by atoms with van der Waals surface area (Å²) >= 11 is 6.19. The predicted molar refractivity (Wildman–Crippen MR) is 92.9 cm³/mol. The second-order valence-corrected chi connectivity index (χ2v) is 6.20. The van der Waals surface area contributed by atoms with Crippen LogP contribution in [0.1, 0.15) is 17.0 Å². The number of nitro groups is 1. The Balaban J connectivity index is 1.92. The number of nitrogens with one attached hydrogen (secondary N) is 1. The van der Waals surface area contributed by atoms with Crippen molar-refractivity contribution in [3.63, 3.8) is 0 Å². The molecular weight excluding hydrogens is 347 g/mol. The molecule has 0 bridgehead atoms. The van der Waals surface area contributed by atoms with E-state index in [1.54, 1.807) is 7.11 Å². The first-order valence-corrected chi connectivity index (χ1v) is 8.05. The molecule has 5 nitrogen and oxygen atoms in total. The highest BCUT2D eigenvalue weighted by atomic mass is 35.5. The highest BCUT2D eigenvalue weighted by Crippen LogP contribution is 2.37. The number of hydrogen-bond acceptors (Lipinski definition) is 4. The van der Waals surface area contributed by atoms with E-state index in [0.717, 1.165) is 11.3 Å². The van der Waals surface area contributed by atoms with Crippen LogP contribution in [-0.2, 0) is 6.42 Å². The van der Waals surface area contributed by atoms with Gasteiger partial charge in [0, 0.05) is 11.1 Å². The summed E-state index contributed by atoms with van der Waals surface area (Å²) in [5, 5.41) is 14.8. The second-order valence-electron chi connectivity index (χ2n) is 5.80. The van der Waals surface area contributed by atoms with Crippen LogP contribution < -0.4 is 10.1 Å². The summed E-state index contributed by atoms with van der Waals surface area (Å²) in [5.41, 5.74) is 1.37. The fourth-order valence-corrected chi connectivity index (χ4v) is 3.31. The molecule has 0 amide bonds. The third-order valence-electron chi connectivity index (χ3n) is 4.28. The number of benzene rings is 2. The maximum Gasteiger partial charge on any atom is 0.271 e. The standard InChI is InChI=1S/C18H16ClFN2O3/c1-25-13-5-2-11(3-6-13)8-16-18(17(10-21-16)22(23)24)14-9-12(20)4-7-15(14)19/h2-7,9-10,16,18,21H,8H2,1H3. The maximum atomic E-state index is 13.7. The van der Waals surface area contributed by atoms with E-state index in [4.69, 9.17) is 16.3 Å². The SMILES string of the molecule is COc1ccc(CC2NC=C([N+](=O)[O-])C2c2cc(F)ccc2Cl)cc1. The maximum absolute atomic E-state index is 13.7. The average molecular weight is 363 g/mol. The van der Waals surface area contributed by atoms with Crippen LogP contribution in [0.15, 0.2) is 54.4 Å². The molecule has 0 fully saturated rings. The van der Waals surface area contributed by atoms with Crippen LogP contribution in [0.3, 0.4) is 0 Å². The van der Waals surface area contributed by atoms with Crippen LogP contribution >= 0.6 is 11.6 Å². The monoisotopic (exact) mass is 362 g/mol. The van der Waals surface area contributed by atoms with E-state index in [0.29, 0.717) is 17.0 Å². The van der Waals surface area contributed by atoms with E-state index in [1.165, 1.54) is 24.4 Å². The van der Waals surface area contributed by atoms with Crippen LogP contribution in [0.2, 0.25) is 5.02 Å². The highest BCUT2D eigenvalue weighted by Gasteiger charge is 2.40. The Kier molecular flexibility index (Phi) is 4.90. The summed E-state index contributed by atoms with van der Waals surface area (Å²) in [6, 6.07) is 11.1. The fourth-order valence-electron chi connectivity index (χ4n) is 3.07. The van der Waals surface area contributed by atoms with Crippen LogP contribution in [0.4, 0.5) is 4.39 Å². The first-order valence-electron chi connectivity index (χ1n) is 7.68. The molecule has 3 rings (SSSR count). The summed E-state index contributed by atoms with van der Waals surface area (Å²) in [6.45, 7) is 0. The molecule has 1 aliphatic rings. The molecule has 2 atom stereocenters. The lowest BCUT2D eigenvalue weighted by atomic mass is 9.87. The largest absolute Gasteiger partial charge is 0.497 e. The molecule has 1 aliphatic heterocycles. The Morgan fingerprint density at radius 2 is 2.00 bits per heavy atom. The summed E-state index contributed by atoms with van der Waals surface area (Å²) in [6.07, 6.45) is 1.90. The van der Waals surface area contributed by atoms with E-state index < -0.39 is 16.7 Å². The third-order valence-corrected chi connectivity index (χ3v) is 4.63. The van der Waals surface area contributed by atoms with Crippen LogP contribution in [0.5, 0.6) is 5.75 Å². The molecule has 1 heterocycles. The van der Waals surface area contributed by atoms with E-state index in [2.05, 4.69) is 5.32 Å². The molecular formula is C18H16ClFN2O3. The molecule has 25 heavy (non-hydrogen) atoms. The smallest absolute Gasteiger partial charge is 0.271 e. The Hall–Kier alpha value is -2.60. The Morgan fingerprint density at radius 1 is 1.28 bits per heavy atom. The van der Waals surface area contributed by atoms with Gasteiger partial charge in [-0.3, -0.25) is 10.1 Å². The molecule has 2 unspecified atom stereocenters. The van der Waals surface area contributed by atoms with Crippen molar-refractivity contribution in [2.45, 2.75) is 18.4 Å². The molecule has 0 aromatic heterocycles. The first-order chi connectivity index (χ1) is 12.0. The van der Waals surface area contributed by atoms with Crippen molar-refractivity contribution < 1.29 is 14.1 Å². The quantitative estimate of drug-likeness (QED) is 0.647. The van der Waals surface area contributed by atoms with E-state index in [-0.39, 0.29) is 11.7 Å². The number of ether oxygens (including phenoxy) is 1. The molecule has 0 aliphatic carbocycles. The number of hydrogen-bond donors (Lipinski definition) is 1. The summed E-state index contributed by atoms with van der Waals surface area (Å²) in [4.78, 5) is 11.0. The van der Waals surface area contributed by atoms with Crippen LogP contribution in [-0.4, -0.2) is 18.1 Å². The Morgan fingerprint density at radius 3 is 2.64 bits per heavy atom. The molecule has 130 valence electrons. The Labute approximate surface area is 149 Å². The lowest BCUT2D eigenvalue weighted by molar-refractivity contribution is -0.429. The highest BCUT2D eigenvalue weighted by molar-refractivity contribution is 6.31. The zero-order chi connectivity index (χ0) is 18.0. The minimum absolute atomic E-state index is 0.0222. The minimum atomic E-state index is -0.639. The fraction of sp³-hybridized carbons (Fsp3) is 0.222. The topological polar surface area (TPSA) is 64.4 Å². The van der Waals surface area contributed by atoms with Gasteiger partial charge in [0.2, 0.25) is 0 Å². The molecule has 7 heteroatoms. The van der Waals surface area contributed by atoms with Gasteiger partial charge in [-0.15, -0.1) is 0 Å². The minimum Gasteiger partial charge on any atom is -0.497 e. The van der Waals surface area contributed by atoms with Gasteiger partial charge in [-0.05, 0) is 47.9 Å². The third kappa shape index (κ3) is 3.58. The van der Waals surface area contributed by atoms with Crippen LogP contribution in [0.25, 0.3) is 0 Å². The van der Waals surface area contributed by atoms with Crippen molar-refractivity contribution in [2.24, 2.45) is 0 Å². The van der Waals surface area contributed by atoms with Crippen LogP contribution in [0, 0.1) is 15.9 Å². The second kappa shape index (κ2) is 7.11. The van der Waals surface area contributed by atoms with Crippen molar-refractivity contribution in [3.8, 4) is 5.75 Å². The van der Waals surface area contributed by atoms with Gasteiger partial charge in [0.1, 0.15) is 11.6 Å². The van der Waals surface area contributed by atoms with E-state index >= 15 is 0 Å². The zero-order valence-corrected chi connectivity index (χ0v) is 14.2. The van der Waals surface area contributed by atoms with Crippen molar-refractivity contribution >= 4 is 11.6 Å². The summed E-state index contributed by atoms with van der Waals surface area (Å²) in [5.74, 6) is -0.380. The van der Waals surface area contributed by atoms with Gasteiger partial charge >= 0.3 is 0 Å². The lowest BCUT2D eigenvalue weighted by Crippen LogP contribution is -2.29.